The topological polar surface area (TPSA) is 71.1 Å². The van der Waals surface area contributed by atoms with E-state index in [0.29, 0.717) is 28.4 Å². The van der Waals surface area contributed by atoms with E-state index in [1.54, 1.807) is 30.5 Å². The SMILES string of the molecule is CC(=O)Nc1cccc(C(=O)Nc2ncc(Cc3cc(F)cc(F)c3)s2)c1. The molecular weight excluding hydrogens is 372 g/mol. The van der Waals surface area contributed by atoms with Gasteiger partial charge in [-0.05, 0) is 35.9 Å². The summed E-state index contributed by atoms with van der Waals surface area (Å²) in [6.45, 7) is 1.38. The fraction of sp³-hybridized carbons (Fsp3) is 0.105. The van der Waals surface area contributed by atoms with Gasteiger partial charge in [-0.2, -0.15) is 0 Å². The smallest absolute Gasteiger partial charge is 0.257 e. The lowest BCUT2D eigenvalue weighted by atomic mass is 10.1. The molecule has 0 saturated carbocycles. The van der Waals surface area contributed by atoms with E-state index in [2.05, 4.69) is 15.6 Å². The highest BCUT2D eigenvalue weighted by Gasteiger charge is 2.11. The minimum absolute atomic E-state index is 0.231. The van der Waals surface area contributed by atoms with Gasteiger partial charge in [-0.15, -0.1) is 11.3 Å². The van der Waals surface area contributed by atoms with Gasteiger partial charge in [0.15, 0.2) is 5.13 Å². The van der Waals surface area contributed by atoms with Crippen LogP contribution in [0.3, 0.4) is 0 Å². The summed E-state index contributed by atoms with van der Waals surface area (Å²) in [7, 11) is 0. The van der Waals surface area contributed by atoms with E-state index in [1.165, 1.54) is 30.4 Å². The lowest BCUT2D eigenvalue weighted by Crippen LogP contribution is -2.12. The number of carbonyl (C=O) groups excluding carboxylic acids is 2. The van der Waals surface area contributed by atoms with E-state index in [0.717, 1.165) is 10.9 Å². The summed E-state index contributed by atoms with van der Waals surface area (Å²) in [6, 6.07) is 9.84. The number of hydrogen-bond donors (Lipinski definition) is 2. The van der Waals surface area contributed by atoms with Crippen molar-refractivity contribution in [2.24, 2.45) is 0 Å². The molecule has 0 atom stereocenters. The summed E-state index contributed by atoms with van der Waals surface area (Å²) in [5.74, 6) is -1.88. The number of amides is 2. The average molecular weight is 387 g/mol. The molecule has 0 saturated heterocycles. The molecular formula is C19H15F2N3O2S. The quantitative estimate of drug-likeness (QED) is 0.689. The van der Waals surface area contributed by atoms with Crippen LogP contribution in [0.2, 0.25) is 0 Å². The second kappa shape index (κ2) is 8.05. The molecule has 1 aromatic heterocycles. The molecule has 3 rings (SSSR count). The number of halogens is 2. The van der Waals surface area contributed by atoms with E-state index in [4.69, 9.17) is 0 Å². The second-order valence-electron chi connectivity index (χ2n) is 5.80. The lowest BCUT2D eigenvalue weighted by molar-refractivity contribution is -0.114. The molecule has 0 spiro atoms. The number of anilines is 2. The summed E-state index contributed by atoms with van der Waals surface area (Å²) in [5.41, 5.74) is 1.37. The van der Waals surface area contributed by atoms with E-state index >= 15 is 0 Å². The molecule has 27 heavy (non-hydrogen) atoms. The molecule has 0 aliphatic rings. The van der Waals surface area contributed by atoms with Crippen molar-refractivity contribution in [1.29, 1.82) is 0 Å². The number of carbonyl (C=O) groups is 2. The van der Waals surface area contributed by atoms with Gasteiger partial charge in [0.25, 0.3) is 5.91 Å². The van der Waals surface area contributed by atoms with Crippen LogP contribution < -0.4 is 10.6 Å². The number of nitrogens with zero attached hydrogens (tertiary/aromatic N) is 1. The van der Waals surface area contributed by atoms with Crippen LogP contribution in [-0.2, 0) is 11.2 Å². The van der Waals surface area contributed by atoms with Gasteiger partial charge in [0.2, 0.25) is 5.91 Å². The van der Waals surface area contributed by atoms with Crippen LogP contribution in [-0.4, -0.2) is 16.8 Å². The van der Waals surface area contributed by atoms with Crippen molar-refractivity contribution in [3.63, 3.8) is 0 Å². The maximum absolute atomic E-state index is 13.3. The first kappa shape index (κ1) is 18.7. The molecule has 3 aromatic rings. The van der Waals surface area contributed by atoms with E-state index < -0.39 is 11.6 Å². The largest absolute Gasteiger partial charge is 0.326 e. The molecule has 0 aliphatic heterocycles. The zero-order valence-electron chi connectivity index (χ0n) is 14.3. The zero-order valence-corrected chi connectivity index (χ0v) is 15.1. The van der Waals surface area contributed by atoms with Crippen LogP contribution in [0.25, 0.3) is 0 Å². The molecule has 138 valence electrons. The second-order valence-corrected chi connectivity index (χ2v) is 6.92. The predicted octanol–water partition coefficient (Wildman–Crippen LogP) is 4.22. The molecule has 0 aliphatic carbocycles. The van der Waals surface area contributed by atoms with Crippen molar-refractivity contribution in [2.45, 2.75) is 13.3 Å². The number of hydrogen-bond acceptors (Lipinski definition) is 4. The third kappa shape index (κ3) is 5.18. The third-order valence-electron chi connectivity index (χ3n) is 3.52. The summed E-state index contributed by atoms with van der Waals surface area (Å²) in [6.07, 6.45) is 1.86. The molecule has 2 amide bonds. The molecule has 2 N–H and O–H groups in total. The lowest BCUT2D eigenvalue weighted by Gasteiger charge is -2.05. The number of benzene rings is 2. The van der Waals surface area contributed by atoms with Crippen LogP contribution in [0, 0.1) is 11.6 Å². The van der Waals surface area contributed by atoms with Gasteiger partial charge < -0.3 is 5.32 Å². The predicted molar refractivity (Wildman–Crippen MR) is 100.0 cm³/mol. The Kier molecular flexibility index (Phi) is 5.56. The van der Waals surface area contributed by atoms with E-state index in [-0.39, 0.29) is 11.8 Å². The normalized spacial score (nSPS) is 10.5. The van der Waals surface area contributed by atoms with Crippen LogP contribution in [0.5, 0.6) is 0 Å². The Bertz CT molecular complexity index is 984. The summed E-state index contributed by atoms with van der Waals surface area (Å²) >= 11 is 1.22. The number of nitrogens with one attached hydrogen (secondary N) is 2. The average Bonchev–Trinajstić information content (AvgIpc) is 3.00. The maximum Gasteiger partial charge on any atom is 0.257 e. The fourth-order valence-electron chi connectivity index (χ4n) is 2.47. The van der Waals surface area contributed by atoms with Gasteiger partial charge in [0.05, 0.1) is 0 Å². The molecule has 1 heterocycles. The number of rotatable bonds is 5. The maximum atomic E-state index is 13.3. The third-order valence-corrected chi connectivity index (χ3v) is 4.43. The highest BCUT2D eigenvalue weighted by Crippen LogP contribution is 2.23. The standard InChI is InChI=1S/C19H15F2N3O2S/c1-11(25)23-16-4-2-3-13(8-16)18(26)24-19-22-10-17(27-19)7-12-5-14(20)9-15(21)6-12/h2-6,8-10H,7H2,1H3,(H,23,25)(H,22,24,26). The van der Waals surface area contributed by atoms with E-state index in [9.17, 15) is 18.4 Å². The molecule has 0 fully saturated rings. The molecule has 2 aromatic carbocycles. The molecule has 5 nitrogen and oxygen atoms in total. The summed E-state index contributed by atoms with van der Waals surface area (Å²) < 4.78 is 26.5. The van der Waals surface area contributed by atoms with Gasteiger partial charge >= 0.3 is 0 Å². The van der Waals surface area contributed by atoms with Crippen molar-refractivity contribution >= 4 is 34.0 Å². The Balaban J connectivity index is 1.68. The van der Waals surface area contributed by atoms with Crippen molar-refractivity contribution < 1.29 is 18.4 Å². The minimum atomic E-state index is -0.637. The van der Waals surface area contributed by atoms with E-state index in [1.807, 2.05) is 0 Å². The molecule has 8 heteroatoms. The Morgan fingerprint density at radius 3 is 2.52 bits per heavy atom. The first-order chi connectivity index (χ1) is 12.9. The Hall–Kier alpha value is -3.13. The highest BCUT2D eigenvalue weighted by atomic mass is 32.1. The van der Waals surface area contributed by atoms with Crippen LogP contribution >= 0.6 is 11.3 Å². The van der Waals surface area contributed by atoms with Crippen molar-refractivity contribution in [2.75, 3.05) is 10.6 Å². The van der Waals surface area contributed by atoms with Crippen molar-refractivity contribution in [1.82, 2.24) is 4.98 Å². The Morgan fingerprint density at radius 1 is 1.07 bits per heavy atom. The Labute approximate surface area is 158 Å². The number of thiazole rings is 1. The van der Waals surface area contributed by atoms with Crippen molar-refractivity contribution in [3.8, 4) is 0 Å². The zero-order chi connectivity index (χ0) is 19.4. The van der Waals surface area contributed by atoms with Gasteiger partial charge in [0, 0.05) is 41.7 Å². The molecule has 0 radical (unpaired) electrons. The monoisotopic (exact) mass is 387 g/mol. The summed E-state index contributed by atoms with van der Waals surface area (Å²) in [5, 5.41) is 5.66. The van der Waals surface area contributed by atoms with Gasteiger partial charge in [0.1, 0.15) is 11.6 Å². The minimum Gasteiger partial charge on any atom is -0.326 e. The fourth-order valence-corrected chi connectivity index (χ4v) is 3.31. The highest BCUT2D eigenvalue weighted by molar-refractivity contribution is 7.15. The van der Waals surface area contributed by atoms with Crippen LogP contribution in [0.4, 0.5) is 19.6 Å². The summed E-state index contributed by atoms with van der Waals surface area (Å²) in [4.78, 5) is 28.3. The van der Waals surface area contributed by atoms with Gasteiger partial charge in [-0.25, -0.2) is 13.8 Å². The molecule has 0 unspecified atom stereocenters. The first-order valence-electron chi connectivity index (χ1n) is 7.98. The van der Waals surface area contributed by atoms with Crippen LogP contribution in [0.15, 0.2) is 48.7 Å². The molecule has 0 bridgehead atoms. The van der Waals surface area contributed by atoms with Gasteiger partial charge in [-0.1, -0.05) is 6.07 Å². The Morgan fingerprint density at radius 2 is 1.81 bits per heavy atom. The first-order valence-corrected chi connectivity index (χ1v) is 8.79. The van der Waals surface area contributed by atoms with Crippen LogP contribution in [0.1, 0.15) is 27.7 Å². The van der Waals surface area contributed by atoms with Crippen molar-refractivity contribution in [3.05, 3.63) is 76.3 Å². The van der Waals surface area contributed by atoms with Gasteiger partial charge in [-0.3, -0.25) is 14.9 Å². The number of aromatic nitrogens is 1.